The molecule has 0 fully saturated rings. The second kappa shape index (κ2) is 11.9. The maximum absolute atomic E-state index is 13.7. The lowest BCUT2D eigenvalue weighted by Gasteiger charge is -2.30. The fourth-order valence-electron chi connectivity index (χ4n) is 5.32. The molecule has 0 aliphatic carbocycles. The number of aromatic nitrogens is 5. The summed E-state index contributed by atoms with van der Waals surface area (Å²) in [6.45, 7) is 4.47. The van der Waals surface area contributed by atoms with Gasteiger partial charge in [0.2, 0.25) is 0 Å². The van der Waals surface area contributed by atoms with Crippen molar-refractivity contribution in [3.8, 4) is 11.5 Å². The minimum atomic E-state index is -0.294. The van der Waals surface area contributed by atoms with E-state index in [4.69, 9.17) is 9.47 Å². The van der Waals surface area contributed by atoms with Crippen molar-refractivity contribution in [2.24, 2.45) is 0 Å². The minimum Gasteiger partial charge on any atom is -0.486 e. The minimum absolute atomic E-state index is 0.184. The highest BCUT2D eigenvalue weighted by Crippen LogP contribution is 2.34. The molecule has 1 aliphatic rings. The van der Waals surface area contributed by atoms with E-state index in [1.54, 1.807) is 18.2 Å². The predicted molar refractivity (Wildman–Crippen MR) is 152 cm³/mol. The number of nitrogens with one attached hydrogen (secondary N) is 1. The van der Waals surface area contributed by atoms with E-state index in [-0.39, 0.29) is 17.4 Å². The number of hydrogen-bond acceptors (Lipinski definition) is 7. The largest absolute Gasteiger partial charge is 0.486 e. The molecule has 0 radical (unpaired) electrons. The Kier molecular flexibility index (Phi) is 7.73. The van der Waals surface area contributed by atoms with E-state index in [1.807, 2.05) is 35.0 Å². The SMILES string of the molecule is CCC(c1nnnn1CCc1ccccc1)N(Cc1ccc(F)cc1)Cc1cc2cc3c(cc2[nH]c1=O)OCCO3. The van der Waals surface area contributed by atoms with Gasteiger partial charge in [0.1, 0.15) is 19.0 Å². The first-order chi connectivity index (χ1) is 20.1. The molecule has 9 nitrogen and oxygen atoms in total. The molecular weight excluding hydrogens is 523 g/mol. The number of aromatic amines is 1. The number of H-pyrrole nitrogens is 1. The Hall–Kier alpha value is -4.57. The molecule has 1 aliphatic heterocycles. The number of rotatable bonds is 10. The molecule has 0 saturated carbocycles. The van der Waals surface area contributed by atoms with Crippen molar-refractivity contribution in [2.45, 2.75) is 45.4 Å². The van der Waals surface area contributed by atoms with Crippen molar-refractivity contribution >= 4 is 10.9 Å². The Balaban J connectivity index is 1.33. The zero-order chi connectivity index (χ0) is 28.2. The van der Waals surface area contributed by atoms with Gasteiger partial charge >= 0.3 is 0 Å². The van der Waals surface area contributed by atoms with Gasteiger partial charge in [-0.05, 0) is 58.7 Å². The second-order valence-corrected chi connectivity index (χ2v) is 10.2. The van der Waals surface area contributed by atoms with Gasteiger partial charge < -0.3 is 14.5 Å². The number of ether oxygens (including phenoxy) is 2. The van der Waals surface area contributed by atoms with E-state index in [1.165, 1.54) is 17.7 Å². The zero-order valence-electron chi connectivity index (χ0n) is 22.8. The Labute approximate surface area is 236 Å². The second-order valence-electron chi connectivity index (χ2n) is 10.2. The van der Waals surface area contributed by atoms with Crippen molar-refractivity contribution in [1.82, 2.24) is 30.1 Å². The number of halogens is 1. The third-order valence-electron chi connectivity index (χ3n) is 7.40. The third kappa shape index (κ3) is 5.97. The fourth-order valence-corrected chi connectivity index (χ4v) is 5.32. The van der Waals surface area contributed by atoms with Crippen molar-refractivity contribution in [3.05, 3.63) is 111 Å². The summed E-state index contributed by atoms with van der Waals surface area (Å²) in [7, 11) is 0. The van der Waals surface area contributed by atoms with Crippen LogP contribution in [0.4, 0.5) is 4.39 Å². The van der Waals surface area contributed by atoms with Gasteiger partial charge in [0.25, 0.3) is 5.56 Å². The van der Waals surface area contributed by atoms with Crippen LogP contribution in [0.2, 0.25) is 0 Å². The van der Waals surface area contributed by atoms with Crippen LogP contribution < -0.4 is 15.0 Å². The molecule has 5 aromatic rings. The molecular formula is C31H31FN6O3. The summed E-state index contributed by atoms with van der Waals surface area (Å²) in [5, 5.41) is 13.6. The van der Waals surface area contributed by atoms with Crippen LogP contribution >= 0.6 is 0 Å². The summed E-state index contributed by atoms with van der Waals surface area (Å²) in [4.78, 5) is 18.5. The molecule has 41 heavy (non-hydrogen) atoms. The van der Waals surface area contributed by atoms with E-state index >= 15 is 0 Å². The molecule has 1 atom stereocenters. The molecule has 0 amide bonds. The van der Waals surface area contributed by atoms with Gasteiger partial charge in [-0.1, -0.05) is 49.4 Å². The van der Waals surface area contributed by atoms with Crippen LogP contribution in [0.3, 0.4) is 0 Å². The lowest BCUT2D eigenvalue weighted by molar-refractivity contribution is 0.160. The van der Waals surface area contributed by atoms with Crippen molar-refractivity contribution in [2.75, 3.05) is 13.2 Å². The highest BCUT2D eigenvalue weighted by Gasteiger charge is 2.26. The highest BCUT2D eigenvalue weighted by molar-refractivity contribution is 5.83. The Morgan fingerprint density at radius 1 is 0.976 bits per heavy atom. The lowest BCUT2D eigenvalue weighted by atomic mass is 10.1. The van der Waals surface area contributed by atoms with Crippen LogP contribution in [0.1, 0.15) is 41.9 Å². The Morgan fingerprint density at radius 2 is 1.73 bits per heavy atom. The van der Waals surface area contributed by atoms with Crippen LogP contribution in [-0.2, 0) is 26.1 Å². The van der Waals surface area contributed by atoms with Crippen LogP contribution in [0, 0.1) is 5.82 Å². The van der Waals surface area contributed by atoms with Gasteiger partial charge in [0.15, 0.2) is 17.3 Å². The molecule has 1 unspecified atom stereocenters. The number of fused-ring (bicyclic) bond motifs is 2. The van der Waals surface area contributed by atoms with Crippen molar-refractivity contribution < 1.29 is 13.9 Å². The van der Waals surface area contributed by atoms with Gasteiger partial charge in [-0.3, -0.25) is 9.69 Å². The first kappa shape index (κ1) is 26.6. The van der Waals surface area contributed by atoms with Crippen LogP contribution in [0.15, 0.2) is 77.6 Å². The number of aryl methyl sites for hydroxylation is 2. The summed E-state index contributed by atoms with van der Waals surface area (Å²) < 4.78 is 27.0. The van der Waals surface area contributed by atoms with E-state index in [9.17, 15) is 9.18 Å². The van der Waals surface area contributed by atoms with Gasteiger partial charge in [-0.15, -0.1) is 5.10 Å². The molecule has 2 aromatic heterocycles. The van der Waals surface area contributed by atoms with Crippen LogP contribution in [0.25, 0.3) is 10.9 Å². The molecule has 0 bridgehead atoms. The van der Waals surface area contributed by atoms with Gasteiger partial charge in [-0.2, -0.15) is 0 Å². The van der Waals surface area contributed by atoms with E-state index < -0.39 is 0 Å². The van der Waals surface area contributed by atoms with E-state index in [0.717, 1.165) is 23.2 Å². The summed E-state index contributed by atoms with van der Waals surface area (Å²) in [5.41, 5.74) is 3.22. The predicted octanol–water partition coefficient (Wildman–Crippen LogP) is 4.82. The topological polar surface area (TPSA) is 98.2 Å². The molecule has 0 saturated heterocycles. The van der Waals surface area contributed by atoms with Gasteiger partial charge in [0.05, 0.1) is 11.6 Å². The third-order valence-corrected chi connectivity index (χ3v) is 7.40. The molecule has 6 rings (SSSR count). The van der Waals surface area contributed by atoms with Gasteiger partial charge in [-0.25, -0.2) is 9.07 Å². The highest BCUT2D eigenvalue weighted by atomic mass is 19.1. The average molecular weight is 555 g/mol. The molecule has 3 heterocycles. The molecule has 3 aromatic carbocycles. The maximum Gasteiger partial charge on any atom is 0.252 e. The van der Waals surface area contributed by atoms with E-state index in [0.29, 0.717) is 61.8 Å². The molecule has 210 valence electrons. The summed E-state index contributed by atoms with van der Waals surface area (Å²) >= 11 is 0. The molecule has 10 heteroatoms. The first-order valence-corrected chi connectivity index (χ1v) is 13.8. The normalized spacial score (nSPS) is 13.5. The average Bonchev–Trinajstić information content (AvgIpc) is 3.45. The van der Waals surface area contributed by atoms with Gasteiger partial charge in [0, 0.05) is 36.7 Å². The molecule has 0 spiro atoms. The van der Waals surface area contributed by atoms with Crippen LogP contribution in [-0.4, -0.2) is 43.3 Å². The maximum atomic E-state index is 13.7. The standard InChI is InChI=1S/C31H31FN6O3/c1-2-27(30-34-35-36-38(30)13-12-21-6-4-3-5-7-21)37(19-22-8-10-25(32)11-9-22)20-24-16-23-17-28-29(41-15-14-40-28)18-26(23)33-31(24)39/h3-11,16-18,27H,2,12-15,19-20H2,1H3,(H,33,39). The number of hydrogen-bond donors (Lipinski definition) is 1. The van der Waals surface area contributed by atoms with Crippen molar-refractivity contribution in [1.29, 1.82) is 0 Å². The fraction of sp³-hybridized carbons (Fsp3) is 0.290. The smallest absolute Gasteiger partial charge is 0.252 e. The lowest BCUT2D eigenvalue weighted by Crippen LogP contribution is -2.32. The van der Waals surface area contributed by atoms with Crippen LogP contribution in [0.5, 0.6) is 11.5 Å². The summed E-state index contributed by atoms with van der Waals surface area (Å²) in [6.07, 6.45) is 1.49. The number of tetrazole rings is 1. The Morgan fingerprint density at radius 3 is 2.49 bits per heavy atom. The molecule has 1 N–H and O–H groups in total. The Bertz CT molecular complexity index is 1690. The summed E-state index contributed by atoms with van der Waals surface area (Å²) in [5.74, 6) is 1.72. The number of pyridine rings is 1. The monoisotopic (exact) mass is 554 g/mol. The first-order valence-electron chi connectivity index (χ1n) is 13.8. The number of nitrogens with zero attached hydrogens (tertiary/aromatic N) is 5. The quantitative estimate of drug-likeness (QED) is 0.264. The summed E-state index contributed by atoms with van der Waals surface area (Å²) in [6, 6.07) is 22.0. The van der Waals surface area contributed by atoms with E-state index in [2.05, 4.69) is 44.5 Å². The zero-order valence-corrected chi connectivity index (χ0v) is 22.8. The van der Waals surface area contributed by atoms with Crippen molar-refractivity contribution in [3.63, 3.8) is 0 Å². The number of benzene rings is 3.